The van der Waals surface area contributed by atoms with Crippen molar-refractivity contribution in [1.29, 1.82) is 0 Å². The summed E-state index contributed by atoms with van der Waals surface area (Å²) in [4.78, 5) is 41.2. The third-order valence-electron chi connectivity index (χ3n) is 6.93. The van der Waals surface area contributed by atoms with E-state index in [2.05, 4.69) is 13.2 Å². The Balaban J connectivity index is 0.000000962. The van der Waals surface area contributed by atoms with Crippen molar-refractivity contribution in [3.63, 3.8) is 0 Å². The molecule has 282 valence electrons. The summed E-state index contributed by atoms with van der Waals surface area (Å²) < 4.78 is 21.1. The number of allylic oxidation sites excluding steroid dienone is 4. The molecule has 0 heterocycles. The number of rotatable bonds is 24. The molecule has 51 heavy (non-hydrogen) atoms. The van der Waals surface area contributed by atoms with E-state index in [0.717, 1.165) is 75.7 Å². The standard InChI is InChI=1S/2C20H26O5.Pd/c2*1-3-20(23)25-14-8-6-4-5-7-13-24-18-11-9-17(10-12-18)19(22)15-16(2)21;/h2*3,9-12,15,21H,1,4-8,13-14H2,2H3;/p+2/b2*16-15-;. The van der Waals surface area contributed by atoms with Crippen molar-refractivity contribution in [2.45, 2.75) is 78.1 Å². The van der Waals surface area contributed by atoms with Gasteiger partial charge in [0.1, 0.15) is 11.5 Å². The van der Waals surface area contributed by atoms with Crippen LogP contribution < -0.4 is 9.47 Å². The summed E-state index contributed by atoms with van der Waals surface area (Å²) in [6.45, 7) is 11.9. The Morgan fingerprint density at radius 2 is 0.863 bits per heavy atom. The van der Waals surface area contributed by atoms with Crippen LogP contribution in [0.5, 0.6) is 11.5 Å². The van der Waals surface area contributed by atoms with Crippen LogP contribution in [0.1, 0.15) is 89.2 Å². The van der Waals surface area contributed by atoms with Gasteiger partial charge in [-0.3, -0.25) is 9.59 Å². The second kappa shape index (κ2) is 29.3. The average Bonchev–Trinajstić information content (AvgIpc) is 3.10. The normalized spacial score (nSPS) is 10.8. The van der Waals surface area contributed by atoms with E-state index >= 15 is 0 Å². The number of hydrogen-bond donors (Lipinski definition) is 2. The molecule has 10 nitrogen and oxygen atoms in total. The summed E-state index contributed by atoms with van der Waals surface area (Å²) in [5.41, 5.74) is 1.25. The van der Waals surface area contributed by atoms with Gasteiger partial charge in [0.2, 0.25) is 0 Å². The Bertz CT molecular complexity index is 1280. The third-order valence-corrected chi connectivity index (χ3v) is 6.93. The van der Waals surface area contributed by atoms with E-state index in [9.17, 15) is 19.2 Å². The Labute approximate surface area is 315 Å². The van der Waals surface area contributed by atoms with Gasteiger partial charge in [-0.1, -0.05) is 51.7 Å². The Hall–Kier alpha value is -4.46. The van der Waals surface area contributed by atoms with E-state index in [4.69, 9.17) is 29.2 Å². The van der Waals surface area contributed by atoms with Gasteiger partial charge in [-0.15, -0.1) is 0 Å². The van der Waals surface area contributed by atoms with Crippen molar-refractivity contribution in [3.8, 4) is 11.5 Å². The maximum Gasteiger partial charge on any atom is 0.350 e. The topological polar surface area (TPSA) is 154 Å². The van der Waals surface area contributed by atoms with Gasteiger partial charge in [-0.05, 0) is 88.1 Å². The first-order valence-corrected chi connectivity index (χ1v) is 17.0. The number of ether oxygens (including phenoxy) is 4. The van der Waals surface area contributed by atoms with Crippen LogP contribution in [-0.2, 0) is 39.5 Å². The van der Waals surface area contributed by atoms with E-state index in [-0.39, 0.29) is 55.4 Å². The molecule has 0 saturated carbocycles. The SMILES string of the molecule is C=CC(=O)OCCCCCCCOc1ccc(C(=[OH+])/C=C(/C)O)cc1.C=CC(=O)OCCCCCCCOc1ccc(C(=[OH+])/C=C(/C)O)cc1.[Pd]. The van der Waals surface area contributed by atoms with Crippen LogP contribution in [0.3, 0.4) is 0 Å². The van der Waals surface area contributed by atoms with Crippen LogP contribution >= 0.6 is 0 Å². The fourth-order valence-electron chi connectivity index (χ4n) is 4.32. The molecule has 0 saturated heterocycles. The van der Waals surface area contributed by atoms with E-state index in [1.54, 1.807) is 48.5 Å². The van der Waals surface area contributed by atoms with Gasteiger partial charge < -0.3 is 29.2 Å². The van der Waals surface area contributed by atoms with Crippen molar-refractivity contribution in [2.24, 2.45) is 0 Å². The molecule has 0 bridgehead atoms. The van der Waals surface area contributed by atoms with E-state index in [0.29, 0.717) is 37.6 Å². The molecular formula is C40H54O10Pd+2. The quantitative estimate of drug-likeness (QED) is 0.0205. The van der Waals surface area contributed by atoms with Gasteiger partial charge in [0.15, 0.2) is 0 Å². The van der Waals surface area contributed by atoms with E-state index < -0.39 is 0 Å². The Morgan fingerprint density at radius 1 is 0.569 bits per heavy atom. The summed E-state index contributed by atoms with van der Waals surface area (Å²) in [5, 5.41) is 18.3. The molecule has 2 aromatic rings. The largest absolute Gasteiger partial charge is 0.512 e. The summed E-state index contributed by atoms with van der Waals surface area (Å²) in [6, 6.07) is 14.1. The Morgan fingerprint density at radius 3 is 1.16 bits per heavy atom. The smallest absolute Gasteiger partial charge is 0.350 e. The molecule has 0 radical (unpaired) electrons. The van der Waals surface area contributed by atoms with Crippen LogP contribution in [0.4, 0.5) is 0 Å². The molecular weight excluding hydrogens is 747 g/mol. The summed E-state index contributed by atoms with van der Waals surface area (Å²) in [7, 11) is 0. The first kappa shape index (κ1) is 46.5. The predicted molar refractivity (Wildman–Crippen MR) is 197 cm³/mol. The first-order chi connectivity index (χ1) is 24.0. The minimum atomic E-state index is -0.368. The molecule has 11 heteroatoms. The maximum absolute atomic E-state index is 10.8. The molecule has 4 N–H and O–H groups in total. The number of ketones is 2. The minimum absolute atomic E-state index is 0. The van der Waals surface area contributed by atoms with Gasteiger partial charge in [-0.25, -0.2) is 9.59 Å². The monoisotopic (exact) mass is 800 g/mol. The van der Waals surface area contributed by atoms with Crippen LogP contribution in [0.25, 0.3) is 0 Å². The second-order valence-electron chi connectivity index (χ2n) is 11.4. The molecule has 0 aromatic heterocycles. The number of aliphatic hydroxyl groups is 2. The maximum atomic E-state index is 10.8. The third kappa shape index (κ3) is 24.4. The van der Waals surface area contributed by atoms with Crippen molar-refractivity contribution < 1.29 is 68.8 Å². The second-order valence-corrected chi connectivity index (χ2v) is 11.4. The molecule has 0 aliphatic heterocycles. The molecule has 0 amide bonds. The van der Waals surface area contributed by atoms with Gasteiger partial charge in [-0.2, -0.15) is 0 Å². The zero-order chi connectivity index (χ0) is 37.0. The molecule has 0 spiro atoms. The molecule has 0 fully saturated rings. The zero-order valence-corrected chi connectivity index (χ0v) is 31.4. The van der Waals surface area contributed by atoms with Crippen LogP contribution in [0, 0.1) is 0 Å². The van der Waals surface area contributed by atoms with Crippen LogP contribution in [0.2, 0.25) is 0 Å². The molecule has 2 aromatic carbocycles. The van der Waals surface area contributed by atoms with Crippen LogP contribution in [-0.4, -0.2) is 69.7 Å². The molecule has 0 aliphatic rings. The van der Waals surface area contributed by atoms with Crippen molar-refractivity contribution in [2.75, 3.05) is 26.4 Å². The average molecular weight is 801 g/mol. The predicted octanol–water partition coefficient (Wildman–Crippen LogP) is 8.20. The Kier molecular flexibility index (Phi) is 26.7. The number of hydrogen-bond acceptors (Lipinski definition) is 8. The van der Waals surface area contributed by atoms with Crippen molar-refractivity contribution in [3.05, 3.63) is 109 Å². The molecule has 0 unspecified atom stereocenters. The summed E-state index contributed by atoms with van der Waals surface area (Å²) in [5.74, 6) is 0.903. The van der Waals surface area contributed by atoms with E-state index in [1.165, 1.54) is 38.2 Å². The van der Waals surface area contributed by atoms with Gasteiger partial charge in [0.05, 0.1) is 61.2 Å². The van der Waals surface area contributed by atoms with Gasteiger partial charge in [0, 0.05) is 32.6 Å². The number of esters is 2. The molecule has 0 atom stereocenters. The van der Waals surface area contributed by atoms with Crippen LogP contribution in [0.15, 0.2) is 97.5 Å². The first-order valence-electron chi connectivity index (χ1n) is 17.0. The van der Waals surface area contributed by atoms with Gasteiger partial charge in [0.25, 0.3) is 0 Å². The number of aliphatic hydroxyl groups excluding tert-OH is 2. The van der Waals surface area contributed by atoms with Crippen molar-refractivity contribution >= 4 is 23.5 Å². The number of unbranched alkanes of at least 4 members (excludes halogenated alkanes) is 8. The van der Waals surface area contributed by atoms with E-state index in [1.807, 2.05) is 0 Å². The van der Waals surface area contributed by atoms with Crippen molar-refractivity contribution in [1.82, 2.24) is 0 Å². The molecule has 2 rings (SSSR count). The zero-order valence-electron chi connectivity index (χ0n) is 29.8. The van der Waals surface area contributed by atoms with Gasteiger partial charge >= 0.3 is 23.5 Å². The molecule has 0 aliphatic carbocycles. The fraction of sp³-hybridized carbons (Fsp3) is 0.400. The number of carbonyl (C=O) groups is 2. The fourth-order valence-corrected chi connectivity index (χ4v) is 4.32. The minimum Gasteiger partial charge on any atom is -0.512 e. The summed E-state index contributed by atoms with van der Waals surface area (Å²) in [6.07, 6.45) is 14.9. The number of benzene rings is 2. The number of carbonyl (C=O) groups excluding carboxylic acids is 4. The summed E-state index contributed by atoms with van der Waals surface area (Å²) >= 11 is 0.